The van der Waals surface area contributed by atoms with Crippen molar-refractivity contribution in [1.82, 2.24) is 9.21 Å². The van der Waals surface area contributed by atoms with E-state index >= 15 is 0 Å². The normalized spacial score (nSPS) is 21.2. The SMILES string of the molecule is CCN1CCN(S(=O)(=O)CC(C)(C)N)CC1. The number of nitrogens with two attached hydrogens (primary N) is 1. The molecule has 1 heterocycles. The molecule has 1 fully saturated rings. The molecular formula is C10H23N3O2S. The van der Waals surface area contributed by atoms with E-state index in [4.69, 9.17) is 5.73 Å². The number of hydrogen-bond donors (Lipinski definition) is 1. The molecule has 1 rings (SSSR count). The topological polar surface area (TPSA) is 66.6 Å². The molecular weight excluding hydrogens is 226 g/mol. The second kappa shape index (κ2) is 5.00. The highest BCUT2D eigenvalue weighted by molar-refractivity contribution is 7.89. The zero-order chi connectivity index (χ0) is 12.4. The van der Waals surface area contributed by atoms with Crippen molar-refractivity contribution in [3.63, 3.8) is 0 Å². The van der Waals surface area contributed by atoms with Crippen LogP contribution in [0.15, 0.2) is 0 Å². The van der Waals surface area contributed by atoms with Gasteiger partial charge < -0.3 is 10.6 Å². The Morgan fingerprint density at radius 1 is 1.19 bits per heavy atom. The molecule has 0 spiro atoms. The predicted octanol–water partition coefficient (Wildman–Crippen LogP) is -0.309. The quantitative estimate of drug-likeness (QED) is 0.742. The smallest absolute Gasteiger partial charge is 0.215 e. The van der Waals surface area contributed by atoms with Crippen LogP contribution in [0.5, 0.6) is 0 Å². The van der Waals surface area contributed by atoms with E-state index in [-0.39, 0.29) is 5.75 Å². The van der Waals surface area contributed by atoms with Crippen molar-refractivity contribution in [1.29, 1.82) is 0 Å². The van der Waals surface area contributed by atoms with Gasteiger partial charge in [0, 0.05) is 31.7 Å². The first kappa shape index (κ1) is 13.9. The first-order chi connectivity index (χ1) is 7.24. The van der Waals surface area contributed by atoms with Crippen LogP contribution in [0.1, 0.15) is 20.8 Å². The molecule has 0 bridgehead atoms. The van der Waals surface area contributed by atoms with Crippen molar-refractivity contribution < 1.29 is 8.42 Å². The third-order valence-corrected chi connectivity index (χ3v) is 4.99. The summed E-state index contributed by atoms with van der Waals surface area (Å²) in [5.41, 5.74) is 5.10. The number of nitrogens with zero attached hydrogens (tertiary/aromatic N) is 2. The highest BCUT2D eigenvalue weighted by Crippen LogP contribution is 2.12. The van der Waals surface area contributed by atoms with Gasteiger partial charge >= 0.3 is 0 Å². The van der Waals surface area contributed by atoms with E-state index in [0.29, 0.717) is 13.1 Å². The van der Waals surface area contributed by atoms with Crippen molar-refractivity contribution in [2.75, 3.05) is 38.5 Å². The Balaban J connectivity index is 2.59. The van der Waals surface area contributed by atoms with Gasteiger partial charge in [-0.15, -0.1) is 0 Å². The summed E-state index contributed by atoms with van der Waals surface area (Å²) in [6, 6.07) is 0. The summed E-state index contributed by atoms with van der Waals surface area (Å²) in [5.74, 6) is 0.0200. The second-order valence-corrected chi connectivity index (χ2v) is 7.05. The molecule has 0 aromatic rings. The molecule has 0 radical (unpaired) electrons. The van der Waals surface area contributed by atoms with Gasteiger partial charge in [0.15, 0.2) is 0 Å². The fraction of sp³-hybridized carbons (Fsp3) is 1.00. The molecule has 0 amide bonds. The maximum absolute atomic E-state index is 12.0. The first-order valence-corrected chi connectivity index (χ1v) is 7.34. The van der Waals surface area contributed by atoms with Crippen molar-refractivity contribution in [3.05, 3.63) is 0 Å². The van der Waals surface area contributed by atoms with Gasteiger partial charge in [-0.25, -0.2) is 8.42 Å². The van der Waals surface area contributed by atoms with Crippen LogP contribution in [0.3, 0.4) is 0 Å². The molecule has 0 aromatic carbocycles. The first-order valence-electron chi connectivity index (χ1n) is 5.74. The van der Waals surface area contributed by atoms with Crippen LogP contribution in [-0.4, -0.2) is 61.6 Å². The molecule has 0 aliphatic carbocycles. The van der Waals surface area contributed by atoms with Crippen LogP contribution < -0.4 is 5.73 Å². The number of piperazine rings is 1. The molecule has 0 aromatic heterocycles. The highest BCUT2D eigenvalue weighted by atomic mass is 32.2. The number of likely N-dealkylation sites (N-methyl/N-ethyl adjacent to an activating group) is 1. The summed E-state index contributed by atoms with van der Waals surface area (Å²) >= 11 is 0. The van der Waals surface area contributed by atoms with E-state index in [1.165, 1.54) is 0 Å². The Kier molecular flexibility index (Phi) is 4.34. The average molecular weight is 249 g/mol. The summed E-state index contributed by atoms with van der Waals surface area (Å²) in [5, 5.41) is 0. The van der Waals surface area contributed by atoms with Gasteiger partial charge in [0.2, 0.25) is 10.0 Å². The fourth-order valence-electron chi connectivity index (χ4n) is 1.89. The summed E-state index contributed by atoms with van der Waals surface area (Å²) in [6.45, 7) is 9.38. The van der Waals surface area contributed by atoms with Crippen LogP contribution >= 0.6 is 0 Å². The molecule has 1 aliphatic heterocycles. The standard InChI is InChI=1S/C10H23N3O2S/c1-4-12-5-7-13(8-6-12)16(14,15)9-10(2,3)11/h4-9,11H2,1-3H3. The van der Waals surface area contributed by atoms with E-state index in [1.54, 1.807) is 18.2 Å². The van der Waals surface area contributed by atoms with Crippen LogP contribution in [0.4, 0.5) is 0 Å². The van der Waals surface area contributed by atoms with E-state index in [1.807, 2.05) is 0 Å². The third kappa shape index (κ3) is 4.01. The van der Waals surface area contributed by atoms with E-state index in [0.717, 1.165) is 19.6 Å². The zero-order valence-corrected chi connectivity index (χ0v) is 11.3. The lowest BCUT2D eigenvalue weighted by Gasteiger charge is -2.34. The van der Waals surface area contributed by atoms with Gasteiger partial charge in [0.25, 0.3) is 0 Å². The molecule has 5 nitrogen and oxygen atoms in total. The summed E-state index contributed by atoms with van der Waals surface area (Å²) in [4.78, 5) is 2.25. The fourth-order valence-corrected chi connectivity index (χ4v) is 3.73. The summed E-state index contributed by atoms with van der Waals surface area (Å²) < 4.78 is 25.6. The molecule has 6 heteroatoms. The molecule has 2 N–H and O–H groups in total. The van der Waals surface area contributed by atoms with Crippen LogP contribution in [0.2, 0.25) is 0 Å². The zero-order valence-electron chi connectivity index (χ0n) is 10.4. The van der Waals surface area contributed by atoms with Gasteiger partial charge in [-0.1, -0.05) is 6.92 Å². The van der Waals surface area contributed by atoms with E-state index < -0.39 is 15.6 Å². The molecule has 0 atom stereocenters. The molecule has 16 heavy (non-hydrogen) atoms. The lowest BCUT2D eigenvalue weighted by molar-refractivity contribution is 0.196. The van der Waals surface area contributed by atoms with Crippen molar-refractivity contribution >= 4 is 10.0 Å². The predicted molar refractivity (Wildman–Crippen MR) is 65.7 cm³/mol. The van der Waals surface area contributed by atoms with Crippen LogP contribution in [0.25, 0.3) is 0 Å². The van der Waals surface area contributed by atoms with Gasteiger partial charge in [0.1, 0.15) is 0 Å². The minimum absolute atomic E-state index is 0.0200. The number of hydrogen-bond acceptors (Lipinski definition) is 4. The third-order valence-electron chi connectivity index (χ3n) is 2.73. The second-order valence-electron chi connectivity index (χ2n) is 5.08. The Bertz CT molecular complexity index is 313. The van der Waals surface area contributed by atoms with Crippen molar-refractivity contribution in [2.45, 2.75) is 26.3 Å². The van der Waals surface area contributed by atoms with Crippen LogP contribution in [-0.2, 0) is 10.0 Å². The minimum atomic E-state index is -3.19. The summed E-state index contributed by atoms with van der Waals surface area (Å²) in [7, 11) is -3.19. The van der Waals surface area contributed by atoms with Crippen molar-refractivity contribution in [3.8, 4) is 0 Å². The molecule has 96 valence electrons. The average Bonchev–Trinajstić information content (AvgIpc) is 2.14. The maximum Gasteiger partial charge on any atom is 0.215 e. The molecule has 1 aliphatic rings. The van der Waals surface area contributed by atoms with Crippen LogP contribution in [0, 0.1) is 0 Å². The monoisotopic (exact) mass is 249 g/mol. The largest absolute Gasteiger partial charge is 0.325 e. The Labute approximate surface area is 98.6 Å². The number of sulfonamides is 1. The van der Waals surface area contributed by atoms with Gasteiger partial charge in [0.05, 0.1) is 5.75 Å². The maximum atomic E-state index is 12.0. The Morgan fingerprint density at radius 2 is 1.69 bits per heavy atom. The minimum Gasteiger partial charge on any atom is -0.325 e. The lowest BCUT2D eigenvalue weighted by Crippen LogP contribution is -2.52. The Hall–Kier alpha value is -0.170. The molecule has 0 unspecified atom stereocenters. The Morgan fingerprint density at radius 3 is 2.06 bits per heavy atom. The summed E-state index contributed by atoms with van der Waals surface area (Å²) in [6.07, 6.45) is 0. The van der Waals surface area contributed by atoms with E-state index in [2.05, 4.69) is 11.8 Å². The van der Waals surface area contributed by atoms with Gasteiger partial charge in [-0.05, 0) is 20.4 Å². The van der Waals surface area contributed by atoms with Crippen molar-refractivity contribution in [2.24, 2.45) is 5.73 Å². The lowest BCUT2D eigenvalue weighted by atomic mass is 10.1. The molecule has 0 saturated carbocycles. The van der Waals surface area contributed by atoms with Gasteiger partial charge in [-0.3, -0.25) is 0 Å². The molecule has 1 saturated heterocycles. The number of rotatable bonds is 4. The van der Waals surface area contributed by atoms with E-state index in [9.17, 15) is 8.42 Å². The van der Waals surface area contributed by atoms with Gasteiger partial charge in [-0.2, -0.15) is 4.31 Å². The highest BCUT2D eigenvalue weighted by Gasteiger charge is 2.30.